The van der Waals surface area contributed by atoms with Crippen molar-refractivity contribution in [3.63, 3.8) is 0 Å². The average molecular weight is 290 g/mol. The van der Waals surface area contributed by atoms with Gasteiger partial charge >= 0.3 is 5.69 Å². The molecule has 0 amide bonds. The van der Waals surface area contributed by atoms with Crippen LogP contribution in [-0.2, 0) is 9.84 Å². The first-order chi connectivity index (χ1) is 8.21. The van der Waals surface area contributed by atoms with Crippen LogP contribution in [0.2, 0.25) is 0 Å². The van der Waals surface area contributed by atoms with Crippen molar-refractivity contribution in [2.75, 3.05) is 11.6 Å². The van der Waals surface area contributed by atoms with Gasteiger partial charge in [-0.05, 0) is 26.2 Å². The topological polar surface area (TPSA) is 89.3 Å². The van der Waals surface area contributed by atoms with E-state index in [1.165, 1.54) is 0 Å². The molecule has 0 unspecified atom stereocenters. The number of thiophene rings is 1. The second-order valence-electron chi connectivity index (χ2n) is 4.85. The summed E-state index contributed by atoms with van der Waals surface area (Å²) in [4.78, 5) is 10.4. The summed E-state index contributed by atoms with van der Waals surface area (Å²) in [6.45, 7) is 1.99. The van der Waals surface area contributed by atoms with Gasteiger partial charge in [-0.1, -0.05) is 11.3 Å². The molecule has 0 saturated heterocycles. The van der Waals surface area contributed by atoms with Crippen LogP contribution in [0.25, 0.3) is 0 Å². The minimum absolute atomic E-state index is 0.0274. The van der Waals surface area contributed by atoms with Crippen LogP contribution in [-0.4, -0.2) is 25.1 Å². The number of nitrogens with one attached hydrogen (secondary N) is 1. The Hall–Kier alpha value is -1.15. The highest BCUT2D eigenvalue weighted by Gasteiger charge is 2.35. The smallest absolute Gasteiger partial charge is 0.304 e. The van der Waals surface area contributed by atoms with Crippen LogP contribution < -0.4 is 5.32 Å². The van der Waals surface area contributed by atoms with Crippen molar-refractivity contribution >= 4 is 31.9 Å². The number of nitrogens with zero attached hydrogens (tertiary/aromatic N) is 1. The Morgan fingerprint density at radius 3 is 2.50 bits per heavy atom. The summed E-state index contributed by atoms with van der Waals surface area (Å²) in [5.74, 6) is 0. The molecular formula is C10H14N2O4S2. The Balaban J connectivity index is 2.39. The largest absolute Gasteiger partial charge is 0.366 e. The number of anilines is 1. The maximum atomic E-state index is 11.4. The van der Waals surface area contributed by atoms with E-state index in [-0.39, 0.29) is 15.4 Å². The van der Waals surface area contributed by atoms with E-state index in [0.29, 0.717) is 5.00 Å². The van der Waals surface area contributed by atoms with E-state index in [0.717, 1.165) is 42.9 Å². The lowest BCUT2D eigenvalue weighted by Crippen LogP contribution is -2.41. The van der Waals surface area contributed by atoms with Gasteiger partial charge in [0.1, 0.15) is 4.21 Å². The lowest BCUT2D eigenvalue weighted by Gasteiger charge is -2.39. The zero-order valence-corrected chi connectivity index (χ0v) is 11.7. The van der Waals surface area contributed by atoms with Crippen LogP contribution in [0.4, 0.5) is 10.7 Å². The first-order valence-corrected chi connectivity index (χ1v) is 8.19. The Morgan fingerprint density at radius 1 is 1.50 bits per heavy atom. The van der Waals surface area contributed by atoms with E-state index in [1.54, 1.807) is 0 Å². The minimum atomic E-state index is -3.41. The Bertz CT molecular complexity index is 587. The third kappa shape index (κ3) is 2.49. The van der Waals surface area contributed by atoms with Crippen LogP contribution in [0.3, 0.4) is 0 Å². The molecule has 1 heterocycles. The number of hydrogen-bond acceptors (Lipinski definition) is 6. The SMILES string of the molecule is CC1(Nc2sc(S(C)(=O)=O)cc2[N+](=O)[O-])CCC1. The molecule has 100 valence electrons. The van der Waals surface area contributed by atoms with Crippen LogP contribution in [0.1, 0.15) is 26.2 Å². The molecule has 1 aliphatic carbocycles. The minimum Gasteiger partial charge on any atom is -0.366 e. The molecule has 0 aliphatic heterocycles. The lowest BCUT2D eigenvalue weighted by molar-refractivity contribution is -0.383. The van der Waals surface area contributed by atoms with E-state index < -0.39 is 14.8 Å². The fourth-order valence-electron chi connectivity index (χ4n) is 1.87. The van der Waals surface area contributed by atoms with E-state index in [2.05, 4.69) is 5.32 Å². The summed E-state index contributed by atoms with van der Waals surface area (Å²) in [7, 11) is -3.41. The average Bonchev–Trinajstić information content (AvgIpc) is 2.58. The van der Waals surface area contributed by atoms with Crippen molar-refractivity contribution in [3.8, 4) is 0 Å². The molecule has 1 fully saturated rings. The van der Waals surface area contributed by atoms with Crippen LogP contribution in [0.5, 0.6) is 0 Å². The van der Waals surface area contributed by atoms with Gasteiger partial charge in [0, 0.05) is 17.9 Å². The molecule has 2 rings (SSSR count). The van der Waals surface area contributed by atoms with Gasteiger partial charge in [-0.25, -0.2) is 8.42 Å². The molecule has 0 aromatic carbocycles. The number of nitro groups is 1. The summed E-state index contributed by atoms with van der Waals surface area (Å²) in [5, 5.41) is 14.4. The predicted molar refractivity (Wildman–Crippen MR) is 70.0 cm³/mol. The van der Waals surface area contributed by atoms with E-state index in [4.69, 9.17) is 0 Å². The maximum Gasteiger partial charge on any atom is 0.304 e. The Kier molecular flexibility index (Phi) is 3.10. The molecule has 1 aromatic rings. The predicted octanol–water partition coefficient (Wildman–Crippen LogP) is 2.41. The van der Waals surface area contributed by atoms with Crippen LogP contribution >= 0.6 is 11.3 Å². The normalized spacial score (nSPS) is 18.1. The molecule has 18 heavy (non-hydrogen) atoms. The third-order valence-electron chi connectivity index (χ3n) is 3.12. The number of rotatable bonds is 4. The molecule has 1 saturated carbocycles. The van der Waals surface area contributed by atoms with Gasteiger partial charge in [0.2, 0.25) is 0 Å². The second-order valence-corrected chi connectivity index (χ2v) is 8.14. The zero-order chi connectivity index (χ0) is 13.6. The Morgan fingerprint density at radius 2 is 2.11 bits per heavy atom. The second kappa shape index (κ2) is 4.20. The van der Waals surface area contributed by atoms with Gasteiger partial charge in [-0.15, -0.1) is 0 Å². The molecule has 0 spiro atoms. The zero-order valence-electron chi connectivity index (χ0n) is 10.1. The van der Waals surface area contributed by atoms with Gasteiger partial charge in [-0.3, -0.25) is 10.1 Å². The highest BCUT2D eigenvalue weighted by Crippen LogP contribution is 2.42. The van der Waals surface area contributed by atoms with E-state index >= 15 is 0 Å². The van der Waals surface area contributed by atoms with Crippen LogP contribution in [0, 0.1) is 10.1 Å². The highest BCUT2D eigenvalue weighted by molar-refractivity contribution is 7.92. The molecule has 1 aliphatic rings. The fraction of sp³-hybridized carbons (Fsp3) is 0.600. The van der Waals surface area contributed by atoms with Crippen molar-refractivity contribution < 1.29 is 13.3 Å². The summed E-state index contributed by atoms with van der Waals surface area (Å²) in [6.07, 6.45) is 4.02. The van der Waals surface area contributed by atoms with Crippen molar-refractivity contribution in [2.24, 2.45) is 0 Å². The van der Waals surface area contributed by atoms with Crippen molar-refractivity contribution in [1.29, 1.82) is 0 Å². The van der Waals surface area contributed by atoms with Gasteiger partial charge in [-0.2, -0.15) is 0 Å². The van der Waals surface area contributed by atoms with Gasteiger partial charge in [0.05, 0.1) is 4.92 Å². The van der Waals surface area contributed by atoms with Crippen molar-refractivity contribution in [2.45, 2.75) is 35.9 Å². The third-order valence-corrected chi connectivity index (χ3v) is 5.97. The first-order valence-electron chi connectivity index (χ1n) is 5.48. The van der Waals surface area contributed by atoms with Crippen LogP contribution in [0.15, 0.2) is 10.3 Å². The van der Waals surface area contributed by atoms with Gasteiger partial charge < -0.3 is 5.32 Å². The van der Waals surface area contributed by atoms with Crippen molar-refractivity contribution in [3.05, 3.63) is 16.2 Å². The monoisotopic (exact) mass is 290 g/mol. The fourth-order valence-corrected chi connectivity index (χ4v) is 3.96. The summed E-state index contributed by atoms with van der Waals surface area (Å²) in [6, 6.07) is 1.13. The van der Waals surface area contributed by atoms with E-state index in [9.17, 15) is 18.5 Å². The first kappa shape index (κ1) is 13.3. The molecule has 0 atom stereocenters. The maximum absolute atomic E-state index is 11.4. The van der Waals surface area contributed by atoms with Crippen molar-refractivity contribution in [1.82, 2.24) is 0 Å². The number of hydrogen-bond donors (Lipinski definition) is 1. The van der Waals surface area contributed by atoms with Gasteiger partial charge in [0.25, 0.3) is 0 Å². The summed E-state index contributed by atoms with van der Waals surface area (Å²) in [5.41, 5.74) is -0.307. The molecular weight excluding hydrogens is 276 g/mol. The molecule has 1 aromatic heterocycles. The Labute approximate surface area is 109 Å². The summed E-state index contributed by atoms with van der Waals surface area (Å²) < 4.78 is 22.9. The van der Waals surface area contributed by atoms with E-state index in [1.807, 2.05) is 6.92 Å². The summed E-state index contributed by atoms with van der Waals surface area (Å²) >= 11 is 0.930. The van der Waals surface area contributed by atoms with Gasteiger partial charge in [0.15, 0.2) is 14.8 Å². The quantitative estimate of drug-likeness (QED) is 0.679. The lowest BCUT2D eigenvalue weighted by atomic mass is 9.79. The highest BCUT2D eigenvalue weighted by atomic mass is 32.2. The standard InChI is InChI=1S/C10H14N2O4S2/c1-10(4-3-5-10)11-9-7(12(13)14)6-8(17-9)18(2,15)16/h6,11H,3-5H2,1-2H3. The number of sulfone groups is 1. The molecule has 1 N–H and O–H groups in total. The molecule has 0 radical (unpaired) electrons. The molecule has 8 heteroatoms. The molecule has 0 bridgehead atoms. The molecule has 6 nitrogen and oxygen atoms in total.